The highest BCUT2D eigenvalue weighted by atomic mass is 32.2. The molecule has 0 aromatic heterocycles. The van der Waals surface area contributed by atoms with E-state index >= 15 is 0 Å². The van der Waals surface area contributed by atoms with Crippen LogP contribution in [0.5, 0.6) is 0 Å². The number of nitrogens with zero attached hydrogens (tertiary/aromatic N) is 2. The molecule has 5 nitrogen and oxygen atoms in total. The van der Waals surface area contributed by atoms with E-state index in [9.17, 15) is 0 Å². The highest BCUT2D eigenvalue weighted by Crippen LogP contribution is 2.36. The number of hydrogen-bond acceptors (Lipinski definition) is 6. The quantitative estimate of drug-likeness (QED) is 0.652. The molecule has 0 radical (unpaired) electrons. The summed E-state index contributed by atoms with van der Waals surface area (Å²) in [5, 5.41) is 8.37. The van der Waals surface area contributed by atoms with E-state index in [1.807, 2.05) is 11.9 Å². The molecule has 3 unspecified atom stereocenters. The first-order valence-electron chi connectivity index (χ1n) is 11.3. The van der Waals surface area contributed by atoms with E-state index in [0.29, 0.717) is 17.8 Å². The molecule has 3 N–H and O–H groups in total. The Hall–Kier alpha value is 0.150. The predicted octanol–water partition coefficient (Wildman–Crippen LogP) is 2.51. The van der Waals surface area contributed by atoms with Crippen molar-refractivity contribution in [1.29, 1.82) is 0 Å². The fourth-order valence-corrected chi connectivity index (χ4v) is 7.18. The molecule has 6 heteroatoms. The summed E-state index contributed by atoms with van der Waals surface area (Å²) in [5.74, 6) is 1.66. The molecular weight excluding hydrogens is 342 g/mol. The molecule has 0 aromatic carbocycles. The monoisotopic (exact) mass is 379 g/mol. The van der Waals surface area contributed by atoms with Gasteiger partial charge in [-0.3, -0.25) is 20.4 Å². The summed E-state index contributed by atoms with van der Waals surface area (Å²) in [6.07, 6.45) is 15.4. The Balaban J connectivity index is 1.10. The zero-order valence-electron chi connectivity index (χ0n) is 16.2. The van der Waals surface area contributed by atoms with E-state index < -0.39 is 0 Å². The van der Waals surface area contributed by atoms with Gasteiger partial charge in [0.15, 0.2) is 0 Å². The molecular formula is C20H37N5S. The Morgan fingerprint density at radius 1 is 0.808 bits per heavy atom. The molecule has 26 heavy (non-hydrogen) atoms. The topological polar surface area (TPSA) is 42.6 Å². The van der Waals surface area contributed by atoms with Crippen LogP contribution < -0.4 is 15.4 Å². The van der Waals surface area contributed by atoms with E-state index in [2.05, 4.69) is 25.2 Å². The fourth-order valence-electron chi connectivity index (χ4n) is 5.95. The van der Waals surface area contributed by atoms with Crippen LogP contribution in [0.25, 0.3) is 0 Å². The number of likely N-dealkylation sites (tertiary alicyclic amines) is 1. The average Bonchev–Trinajstić information content (AvgIpc) is 3.32. The van der Waals surface area contributed by atoms with Crippen LogP contribution in [0.2, 0.25) is 0 Å². The van der Waals surface area contributed by atoms with Crippen molar-refractivity contribution in [2.75, 3.05) is 26.2 Å². The number of nitrogens with one attached hydrogen (secondary N) is 3. The zero-order valence-corrected chi connectivity index (χ0v) is 17.0. The van der Waals surface area contributed by atoms with Gasteiger partial charge in [-0.05, 0) is 31.6 Å². The second-order valence-electron chi connectivity index (χ2n) is 9.27. The molecule has 2 saturated carbocycles. The van der Waals surface area contributed by atoms with E-state index in [1.165, 1.54) is 90.4 Å². The van der Waals surface area contributed by atoms with Crippen molar-refractivity contribution in [3.05, 3.63) is 0 Å². The zero-order chi connectivity index (χ0) is 17.3. The lowest BCUT2D eigenvalue weighted by atomic mass is 9.88. The third-order valence-corrected chi connectivity index (χ3v) is 8.72. The lowest BCUT2D eigenvalue weighted by molar-refractivity contribution is -0.0540. The van der Waals surface area contributed by atoms with Crippen molar-refractivity contribution < 1.29 is 0 Å². The van der Waals surface area contributed by atoms with E-state index in [0.717, 1.165) is 17.9 Å². The van der Waals surface area contributed by atoms with Gasteiger partial charge >= 0.3 is 0 Å². The lowest BCUT2D eigenvalue weighted by Crippen LogP contribution is -2.66. The molecule has 0 bridgehead atoms. The Morgan fingerprint density at radius 2 is 1.54 bits per heavy atom. The van der Waals surface area contributed by atoms with Crippen LogP contribution in [0.1, 0.15) is 64.2 Å². The lowest BCUT2D eigenvalue weighted by Gasteiger charge is -2.49. The number of rotatable bonds is 4. The van der Waals surface area contributed by atoms with Crippen molar-refractivity contribution in [2.24, 2.45) is 11.8 Å². The Kier molecular flexibility index (Phi) is 5.78. The van der Waals surface area contributed by atoms with Gasteiger partial charge in [0.25, 0.3) is 0 Å². The molecule has 3 saturated heterocycles. The molecule has 148 valence electrons. The van der Waals surface area contributed by atoms with Crippen LogP contribution in [0, 0.1) is 11.8 Å². The largest absolute Gasteiger partial charge is 0.288 e. The number of hydrogen-bond donors (Lipinski definition) is 3. The van der Waals surface area contributed by atoms with Gasteiger partial charge in [0.1, 0.15) is 6.29 Å². The van der Waals surface area contributed by atoms with Gasteiger partial charge in [-0.2, -0.15) is 0 Å². The van der Waals surface area contributed by atoms with Crippen molar-refractivity contribution >= 4 is 11.9 Å². The van der Waals surface area contributed by atoms with Gasteiger partial charge in [-0.15, -0.1) is 0 Å². The highest BCUT2D eigenvalue weighted by Gasteiger charge is 2.45. The summed E-state index contributed by atoms with van der Waals surface area (Å²) >= 11 is 1.99. The molecule has 0 amide bonds. The fraction of sp³-hybridized carbons (Fsp3) is 1.00. The second kappa shape index (κ2) is 8.26. The van der Waals surface area contributed by atoms with E-state index in [-0.39, 0.29) is 0 Å². The molecule has 0 spiro atoms. The van der Waals surface area contributed by atoms with Crippen LogP contribution in [0.3, 0.4) is 0 Å². The first-order chi connectivity index (χ1) is 12.9. The molecule has 2 aliphatic carbocycles. The maximum atomic E-state index is 3.94. The summed E-state index contributed by atoms with van der Waals surface area (Å²) < 4.78 is 3.74. The maximum absolute atomic E-state index is 3.94. The normalized spacial score (nSPS) is 39.5. The first-order valence-corrected chi connectivity index (χ1v) is 12.2. The van der Waals surface area contributed by atoms with Crippen molar-refractivity contribution in [3.63, 3.8) is 0 Å². The van der Waals surface area contributed by atoms with Crippen LogP contribution in [-0.4, -0.2) is 59.9 Å². The van der Waals surface area contributed by atoms with Gasteiger partial charge < -0.3 is 0 Å². The SMILES string of the molecule is C1CCC(C2NC(C3CN(C4NCCN4C4CCCCC4)C3)NS2)CC1. The molecule has 3 atom stereocenters. The standard InChI is InChI=1S/C20H37N5S/c1-3-7-15(8-4-1)19-22-18(23-26-19)16-13-24(14-16)20-21-11-12-25(20)17-9-5-2-6-10-17/h15-23H,1-14H2. The van der Waals surface area contributed by atoms with Gasteiger partial charge in [-0.1, -0.05) is 50.5 Å². The minimum atomic E-state index is 0.512. The predicted molar refractivity (Wildman–Crippen MR) is 108 cm³/mol. The maximum Gasteiger partial charge on any atom is 0.117 e. The third kappa shape index (κ3) is 3.70. The smallest absolute Gasteiger partial charge is 0.117 e. The second-order valence-corrected chi connectivity index (χ2v) is 10.2. The van der Waals surface area contributed by atoms with Crippen LogP contribution >= 0.6 is 11.9 Å². The minimum absolute atomic E-state index is 0.512. The average molecular weight is 380 g/mol. The van der Waals surface area contributed by atoms with Crippen LogP contribution in [-0.2, 0) is 0 Å². The third-order valence-electron chi connectivity index (χ3n) is 7.55. The van der Waals surface area contributed by atoms with E-state index in [4.69, 9.17) is 0 Å². The summed E-state index contributed by atoms with van der Waals surface area (Å²) in [6, 6.07) is 0.830. The highest BCUT2D eigenvalue weighted by molar-refractivity contribution is 7.98. The summed E-state index contributed by atoms with van der Waals surface area (Å²) in [6.45, 7) is 4.89. The van der Waals surface area contributed by atoms with Gasteiger partial charge in [-0.25, -0.2) is 4.72 Å². The molecule has 5 aliphatic rings. The van der Waals surface area contributed by atoms with Crippen molar-refractivity contribution in [1.82, 2.24) is 25.2 Å². The molecule has 0 aromatic rings. The summed E-state index contributed by atoms with van der Waals surface area (Å²) in [4.78, 5) is 5.47. The first kappa shape index (κ1) is 18.2. The Bertz CT molecular complexity index is 459. The Morgan fingerprint density at radius 3 is 2.31 bits per heavy atom. The summed E-state index contributed by atoms with van der Waals surface area (Å²) in [7, 11) is 0. The molecule has 5 rings (SSSR count). The molecule has 5 fully saturated rings. The van der Waals surface area contributed by atoms with Gasteiger partial charge in [0.2, 0.25) is 0 Å². The van der Waals surface area contributed by atoms with Gasteiger partial charge in [0, 0.05) is 38.1 Å². The molecule has 3 aliphatic heterocycles. The van der Waals surface area contributed by atoms with Crippen LogP contribution in [0.4, 0.5) is 0 Å². The summed E-state index contributed by atoms with van der Waals surface area (Å²) in [5.41, 5.74) is 0. The van der Waals surface area contributed by atoms with E-state index in [1.54, 1.807) is 0 Å². The van der Waals surface area contributed by atoms with Crippen LogP contribution in [0.15, 0.2) is 0 Å². The Labute approximate surface area is 163 Å². The van der Waals surface area contributed by atoms with Crippen molar-refractivity contribution in [2.45, 2.75) is 88.1 Å². The van der Waals surface area contributed by atoms with Gasteiger partial charge in [0.05, 0.1) is 11.5 Å². The van der Waals surface area contributed by atoms with Crippen molar-refractivity contribution in [3.8, 4) is 0 Å². The molecule has 3 heterocycles. The minimum Gasteiger partial charge on any atom is -0.288 e.